The van der Waals surface area contributed by atoms with E-state index in [-0.39, 0.29) is 17.5 Å². The molecule has 7 nitrogen and oxygen atoms in total. The zero-order valence-corrected chi connectivity index (χ0v) is 8.53. The molecule has 1 rings (SSSR count). The Hall–Kier alpha value is -2.44. The Bertz CT molecular complexity index is 419. The first-order valence-corrected chi connectivity index (χ1v) is 4.39. The lowest BCUT2D eigenvalue weighted by molar-refractivity contribution is 0.256. The van der Waals surface area contributed by atoms with Crippen LogP contribution in [0.1, 0.15) is 0 Å². The summed E-state index contributed by atoms with van der Waals surface area (Å²) < 4.78 is 0. The van der Waals surface area contributed by atoms with Crippen LogP contribution in [0.3, 0.4) is 0 Å². The molecule has 0 aliphatic carbocycles. The highest BCUT2D eigenvalue weighted by atomic mass is 16.3. The van der Waals surface area contributed by atoms with Gasteiger partial charge in [0.05, 0.1) is 0 Å². The Labute approximate surface area is 91.6 Å². The highest BCUT2D eigenvalue weighted by molar-refractivity contribution is 6.01. The number of guanidine groups is 1. The van der Waals surface area contributed by atoms with Crippen molar-refractivity contribution in [3.05, 3.63) is 18.2 Å². The second-order valence-electron chi connectivity index (χ2n) is 2.91. The quantitative estimate of drug-likeness (QED) is 0.179. The molecule has 0 saturated heterocycles. The fraction of sp³-hybridized carbons (Fsp3) is 0.111. The summed E-state index contributed by atoms with van der Waals surface area (Å²) in [6, 6.07) is 3.23. The van der Waals surface area contributed by atoms with Crippen LogP contribution in [0.4, 0.5) is 10.5 Å². The standard InChI is InChI=1S/C9H12N4O3/c1-11-8(10)13-9(16)12-5-2-3-6(14)7(15)4-5/h2-4,14-15H,1H3,(H4,10,11,12,13,16). The Balaban J connectivity index is 2.63. The first-order chi connectivity index (χ1) is 7.52. The Morgan fingerprint density at radius 1 is 1.31 bits per heavy atom. The van der Waals surface area contributed by atoms with Gasteiger partial charge >= 0.3 is 6.03 Å². The number of rotatable bonds is 1. The molecule has 16 heavy (non-hydrogen) atoms. The summed E-state index contributed by atoms with van der Waals surface area (Å²) in [7, 11) is 1.50. The highest BCUT2D eigenvalue weighted by Crippen LogP contribution is 2.27. The topological polar surface area (TPSA) is 117 Å². The summed E-state index contributed by atoms with van der Waals surface area (Å²) in [6.07, 6.45) is 0. The monoisotopic (exact) mass is 224 g/mol. The third kappa shape index (κ3) is 3.05. The lowest BCUT2D eigenvalue weighted by atomic mass is 10.3. The molecule has 0 atom stereocenters. The summed E-state index contributed by atoms with van der Waals surface area (Å²) in [4.78, 5) is 11.2. The van der Waals surface area contributed by atoms with Gasteiger partial charge in [-0.25, -0.2) is 4.79 Å². The fourth-order valence-electron chi connectivity index (χ4n) is 0.940. The van der Waals surface area contributed by atoms with E-state index < -0.39 is 6.03 Å². The molecule has 0 spiro atoms. The van der Waals surface area contributed by atoms with Gasteiger partial charge in [-0.1, -0.05) is 0 Å². The maximum absolute atomic E-state index is 11.2. The van der Waals surface area contributed by atoms with Gasteiger partial charge in [0.15, 0.2) is 17.5 Å². The minimum Gasteiger partial charge on any atom is -0.504 e. The highest BCUT2D eigenvalue weighted by Gasteiger charge is 2.05. The zero-order chi connectivity index (χ0) is 12.1. The number of urea groups is 1. The van der Waals surface area contributed by atoms with Crippen molar-refractivity contribution in [2.24, 2.45) is 0 Å². The molecule has 1 aromatic carbocycles. The van der Waals surface area contributed by atoms with Crippen LogP contribution in [0.5, 0.6) is 11.5 Å². The van der Waals surface area contributed by atoms with Crippen LogP contribution >= 0.6 is 0 Å². The van der Waals surface area contributed by atoms with Crippen LogP contribution in [-0.2, 0) is 0 Å². The van der Waals surface area contributed by atoms with Gasteiger partial charge in [0.2, 0.25) is 0 Å². The molecule has 0 radical (unpaired) electrons. The molecular weight excluding hydrogens is 212 g/mol. The molecule has 0 bridgehead atoms. The van der Waals surface area contributed by atoms with Crippen molar-refractivity contribution in [1.82, 2.24) is 10.6 Å². The number of amides is 2. The number of aromatic hydroxyl groups is 2. The summed E-state index contributed by atoms with van der Waals surface area (Å²) in [6.45, 7) is 0. The molecule has 7 heteroatoms. The van der Waals surface area contributed by atoms with Crippen molar-refractivity contribution < 1.29 is 15.0 Å². The van der Waals surface area contributed by atoms with E-state index in [4.69, 9.17) is 15.6 Å². The van der Waals surface area contributed by atoms with Gasteiger partial charge in [-0.2, -0.15) is 0 Å². The molecule has 1 aromatic rings. The lowest BCUT2D eigenvalue weighted by Crippen LogP contribution is -2.40. The number of phenols is 2. The first-order valence-electron chi connectivity index (χ1n) is 4.39. The van der Waals surface area contributed by atoms with E-state index in [1.165, 1.54) is 25.2 Å². The molecule has 0 heterocycles. The number of benzene rings is 1. The summed E-state index contributed by atoms with van der Waals surface area (Å²) in [5.41, 5.74) is 0.303. The van der Waals surface area contributed by atoms with Crippen LogP contribution in [0.15, 0.2) is 18.2 Å². The van der Waals surface area contributed by atoms with Gasteiger partial charge in [0.1, 0.15) is 0 Å². The number of nitrogens with one attached hydrogen (secondary N) is 4. The van der Waals surface area contributed by atoms with E-state index in [2.05, 4.69) is 16.0 Å². The predicted octanol–water partition coefficient (Wildman–Crippen LogP) is 0.373. The van der Waals surface area contributed by atoms with E-state index in [1.807, 2.05) is 0 Å². The first kappa shape index (κ1) is 11.6. The SMILES string of the molecule is CNC(=N)NC(=O)Nc1ccc(O)c(O)c1. The van der Waals surface area contributed by atoms with Crippen molar-refractivity contribution in [3.8, 4) is 11.5 Å². The molecule has 0 saturated carbocycles. The normalized spacial score (nSPS) is 9.31. The molecule has 6 N–H and O–H groups in total. The van der Waals surface area contributed by atoms with Crippen LogP contribution < -0.4 is 16.0 Å². The zero-order valence-electron chi connectivity index (χ0n) is 8.53. The van der Waals surface area contributed by atoms with Crippen molar-refractivity contribution >= 4 is 17.7 Å². The maximum Gasteiger partial charge on any atom is 0.325 e. The van der Waals surface area contributed by atoms with Gasteiger partial charge in [0, 0.05) is 18.8 Å². The van der Waals surface area contributed by atoms with Crippen molar-refractivity contribution in [3.63, 3.8) is 0 Å². The number of carbonyl (C=O) groups is 1. The van der Waals surface area contributed by atoms with E-state index in [1.54, 1.807) is 0 Å². The molecule has 0 aromatic heterocycles. The van der Waals surface area contributed by atoms with E-state index in [9.17, 15) is 4.79 Å². The van der Waals surface area contributed by atoms with Crippen molar-refractivity contribution in [1.29, 1.82) is 5.41 Å². The number of anilines is 1. The Morgan fingerprint density at radius 3 is 2.56 bits per heavy atom. The number of phenolic OH excluding ortho intramolecular Hbond substituents is 2. The predicted molar refractivity (Wildman–Crippen MR) is 58.7 cm³/mol. The van der Waals surface area contributed by atoms with Crippen LogP contribution in [0.2, 0.25) is 0 Å². The molecular formula is C9H12N4O3. The maximum atomic E-state index is 11.2. The minimum absolute atomic E-state index is 0.152. The Kier molecular flexibility index (Phi) is 3.54. The van der Waals surface area contributed by atoms with Gasteiger partial charge in [-0.15, -0.1) is 0 Å². The molecule has 0 aliphatic heterocycles. The van der Waals surface area contributed by atoms with E-state index in [0.29, 0.717) is 5.69 Å². The fourth-order valence-corrected chi connectivity index (χ4v) is 0.940. The van der Waals surface area contributed by atoms with Gasteiger partial charge in [-0.3, -0.25) is 10.7 Å². The molecule has 0 fully saturated rings. The summed E-state index contributed by atoms with van der Waals surface area (Å²) in [5.74, 6) is -0.754. The van der Waals surface area contributed by atoms with Crippen LogP contribution in [-0.4, -0.2) is 29.3 Å². The average Bonchev–Trinajstić information content (AvgIpc) is 2.23. The van der Waals surface area contributed by atoms with Gasteiger partial charge < -0.3 is 20.8 Å². The van der Waals surface area contributed by atoms with Gasteiger partial charge in [0.25, 0.3) is 0 Å². The number of hydrogen-bond donors (Lipinski definition) is 6. The molecule has 0 unspecified atom stereocenters. The van der Waals surface area contributed by atoms with Gasteiger partial charge in [-0.05, 0) is 12.1 Å². The Morgan fingerprint density at radius 2 is 2.00 bits per heavy atom. The van der Waals surface area contributed by atoms with E-state index >= 15 is 0 Å². The summed E-state index contributed by atoms with van der Waals surface area (Å²) in [5, 5.41) is 32.3. The average molecular weight is 224 g/mol. The second kappa shape index (κ2) is 4.87. The van der Waals surface area contributed by atoms with Crippen molar-refractivity contribution in [2.75, 3.05) is 12.4 Å². The number of carbonyl (C=O) groups excluding carboxylic acids is 1. The second-order valence-corrected chi connectivity index (χ2v) is 2.91. The smallest absolute Gasteiger partial charge is 0.325 e. The number of hydrogen-bond acceptors (Lipinski definition) is 4. The van der Waals surface area contributed by atoms with Crippen LogP contribution in [0.25, 0.3) is 0 Å². The van der Waals surface area contributed by atoms with Crippen molar-refractivity contribution in [2.45, 2.75) is 0 Å². The summed E-state index contributed by atoms with van der Waals surface area (Å²) >= 11 is 0. The molecule has 86 valence electrons. The largest absolute Gasteiger partial charge is 0.504 e. The van der Waals surface area contributed by atoms with E-state index in [0.717, 1.165) is 0 Å². The third-order valence-electron chi connectivity index (χ3n) is 1.72. The van der Waals surface area contributed by atoms with Crippen LogP contribution in [0, 0.1) is 5.41 Å². The minimum atomic E-state index is -0.621. The lowest BCUT2D eigenvalue weighted by Gasteiger charge is -2.08. The molecule has 2 amide bonds. The molecule has 0 aliphatic rings. The third-order valence-corrected chi connectivity index (χ3v) is 1.72.